The van der Waals surface area contributed by atoms with Gasteiger partial charge in [0.25, 0.3) is 0 Å². The van der Waals surface area contributed by atoms with Crippen LogP contribution in [0.2, 0.25) is 0 Å². The highest BCUT2D eigenvalue weighted by atomic mass is 16.5. The zero-order valence-corrected chi connectivity index (χ0v) is 11.9. The van der Waals surface area contributed by atoms with E-state index in [0.717, 1.165) is 5.39 Å². The van der Waals surface area contributed by atoms with Gasteiger partial charge in [0.15, 0.2) is 6.04 Å². The summed E-state index contributed by atoms with van der Waals surface area (Å²) in [6.45, 7) is 3.19. The first-order valence-electron chi connectivity index (χ1n) is 6.69. The van der Waals surface area contributed by atoms with Crippen LogP contribution in [0.3, 0.4) is 0 Å². The Morgan fingerprint density at radius 3 is 2.62 bits per heavy atom. The Labute approximate surface area is 122 Å². The molecule has 0 saturated heterocycles. The van der Waals surface area contributed by atoms with Crippen molar-refractivity contribution in [2.24, 2.45) is 0 Å². The van der Waals surface area contributed by atoms with Gasteiger partial charge >= 0.3 is 5.97 Å². The van der Waals surface area contributed by atoms with Crippen molar-refractivity contribution in [2.45, 2.75) is 19.9 Å². The normalized spacial score (nSPS) is 11.9. The van der Waals surface area contributed by atoms with E-state index in [1.54, 1.807) is 25.1 Å². The van der Waals surface area contributed by atoms with E-state index in [1.165, 1.54) is 13.0 Å². The van der Waals surface area contributed by atoms with Crippen LogP contribution < -0.4 is 5.32 Å². The number of ether oxygens (including phenoxy) is 1. The third-order valence-electron chi connectivity index (χ3n) is 3.11. The van der Waals surface area contributed by atoms with Crippen LogP contribution >= 0.6 is 0 Å². The van der Waals surface area contributed by atoms with Crippen LogP contribution in [0.4, 0.5) is 0 Å². The standard InChI is InChI=1S/C16H17NO4/c1-3-21-16(20)15(17-10(2)18)14-12-7-5-4-6-11(12)8-9-13(14)19/h4-9,15,19H,3H2,1-2H3,(H,17,18)/t15-/m1/s1. The van der Waals surface area contributed by atoms with Crippen molar-refractivity contribution in [1.29, 1.82) is 0 Å². The Bertz CT molecular complexity index is 681. The zero-order valence-electron chi connectivity index (χ0n) is 11.9. The van der Waals surface area contributed by atoms with Crippen LogP contribution in [0, 0.1) is 0 Å². The van der Waals surface area contributed by atoms with Crippen LogP contribution in [0.5, 0.6) is 5.75 Å². The second-order valence-electron chi connectivity index (χ2n) is 4.61. The predicted molar refractivity (Wildman–Crippen MR) is 78.8 cm³/mol. The van der Waals surface area contributed by atoms with E-state index in [0.29, 0.717) is 10.9 Å². The molecule has 21 heavy (non-hydrogen) atoms. The third-order valence-corrected chi connectivity index (χ3v) is 3.11. The van der Waals surface area contributed by atoms with Gasteiger partial charge in [-0.15, -0.1) is 0 Å². The molecule has 0 aliphatic rings. The number of aromatic hydroxyl groups is 1. The summed E-state index contributed by atoms with van der Waals surface area (Å²) < 4.78 is 5.00. The van der Waals surface area contributed by atoms with Crippen molar-refractivity contribution < 1.29 is 19.4 Å². The third kappa shape index (κ3) is 3.13. The first-order valence-corrected chi connectivity index (χ1v) is 6.69. The topological polar surface area (TPSA) is 75.6 Å². The summed E-state index contributed by atoms with van der Waals surface area (Å²) in [5, 5.41) is 14.3. The van der Waals surface area contributed by atoms with Crippen molar-refractivity contribution in [3.05, 3.63) is 42.0 Å². The van der Waals surface area contributed by atoms with Gasteiger partial charge in [-0.25, -0.2) is 4.79 Å². The van der Waals surface area contributed by atoms with Crippen LogP contribution in [0.25, 0.3) is 10.8 Å². The van der Waals surface area contributed by atoms with E-state index in [4.69, 9.17) is 4.74 Å². The Hall–Kier alpha value is -2.56. The highest BCUT2D eigenvalue weighted by molar-refractivity contribution is 5.94. The lowest BCUT2D eigenvalue weighted by Crippen LogP contribution is -2.33. The van der Waals surface area contributed by atoms with Crippen molar-refractivity contribution in [2.75, 3.05) is 6.61 Å². The minimum absolute atomic E-state index is 0.0551. The van der Waals surface area contributed by atoms with Crippen LogP contribution in [0.1, 0.15) is 25.5 Å². The maximum absolute atomic E-state index is 12.1. The summed E-state index contributed by atoms with van der Waals surface area (Å²) in [4.78, 5) is 23.5. The van der Waals surface area contributed by atoms with Crippen molar-refractivity contribution in [1.82, 2.24) is 5.32 Å². The van der Waals surface area contributed by atoms with Crippen LogP contribution in [-0.2, 0) is 14.3 Å². The van der Waals surface area contributed by atoms with Gasteiger partial charge in [-0.2, -0.15) is 0 Å². The first-order chi connectivity index (χ1) is 10.0. The second-order valence-corrected chi connectivity index (χ2v) is 4.61. The molecule has 0 fully saturated rings. The van der Waals surface area contributed by atoms with E-state index in [-0.39, 0.29) is 18.3 Å². The fraction of sp³-hybridized carbons (Fsp3) is 0.250. The van der Waals surface area contributed by atoms with Gasteiger partial charge < -0.3 is 15.2 Å². The first kappa shape index (κ1) is 14.8. The maximum atomic E-state index is 12.1. The molecule has 0 aromatic heterocycles. The quantitative estimate of drug-likeness (QED) is 0.846. The number of phenolic OH excluding ortho intramolecular Hbond substituents is 1. The van der Waals surface area contributed by atoms with E-state index in [1.807, 2.05) is 12.1 Å². The molecule has 2 aromatic rings. The lowest BCUT2D eigenvalue weighted by molar-refractivity contribution is -0.147. The molecule has 2 rings (SSSR count). The van der Waals surface area contributed by atoms with E-state index in [9.17, 15) is 14.7 Å². The monoisotopic (exact) mass is 287 g/mol. The molecule has 0 saturated carbocycles. The number of esters is 1. The number of hydrogen-bond donors (Lipinski definition) is 2. The molecule has 1 amide bonds. The molecule has 5 nitrogen and oxygen atoms in total. The van der Waals surface area contributed by atoms with Gasteiger partial charge in [0.1, 0.15) is 5.75 Å². The maximum Gasteiger partial charge on any atom is 0.333 e. The lowest BCUT2D eigenvalue weighted by atomic mass is 9.97. The lowest BCUT2D eigenvalue weighted by Gasteiger charge is -2.19. The number of benzene rings is 2. The van der Waals surface area contributed by atoms with Crippen molar-refractivity contribution in [3.8, 4) is 5.75 Å². The molecule has 2 aromatic carbocycles. The molecule has 0 aliphatic carbocycles. The van der Waals surface area contributed by atoms with Gasteiger partial charge in [0, 0.05) is 12.5 Å². The van der Waals surface area contributed by atoms with Crippen molar-refractivity contribution in [3.63, 3.8) is 0 Å². The average Bonchev–Trinajstić information content (AvgIpc) is 2.45. The highest BCUT2D eigenvalue weighted by Crippen LogP contribution is 2.33. The van der Waals surface area contributed by atoms with Gasteiger partial charge in [-0.3, -0.25) is 4.79 Å². The number of amides is 1. The summed E-state index contributed by atoms with van der Waals surface area (Å²) >= 11 is 0. The molecule has 0 bridgehead atoms. The van der Waals surface area contributed by atoms with Gasteiger partial charge in [0.05, 0.1) is 6.61 Å². The van der Waals surface area contributed by atoms with Crippen LogP contribution in [-0.4, -0.2) is 23.6 Å². The molecule has 2 N–H and O–H groups in total. The van der Waals surface area contributed by atoms with Gasteiger partial charge in [-0.1, -0.05) is 30.3 Å². The fourth-order valence-electron chi connectivity index (χ4n) is 2.27. The molecule has 1 atom stereocenters. The molecular weight excluding hydrogens is 270 g/mol. The molecular formula is C16H17NO4. The number of fused-ring (bicyclic) bond motifs is 1. The predicted octanol–water partition coefficient (Wildman–Crippen LogP) is 2.29. The van der Waals surface area contributed by atoms with Crippen molar-refractivity contribution >= 4 is 22.6 Å². The summed E-state index contributed by atoms with van der Waals surface area (Å²) in [6.07, 6.45) is 0. The van der Waals surface area contributed by atoms with E-state index < -0.39 is 12.0 Å². The largest absolute Gasteiger partial charge is 0.508 e. The molecule has 5 heteroatoms. The summed E-state index contributed by atoms with van der Waals surface area (Å²) in [5.74, 6) is -1.03. The van der Waals surface area contributed by atoms with Crippen LogP contribution in [0.15, 0.2) is 36.4 Å². The zero-order chi connectivity index (χ0) is 15.4. The Kier molecular flexibility index (Phi) is 4.42. The molecule has 0 radical (unpaired) electrons. The molecule has 0 heterocycles. The summed E-state index contributed by atoms with van der Waals surface area (Å²) in [6, 6.07) is 9.55. The van der Waals surface area contributed by atoms with Gasteiger partial charge in [0.2, 0.25) is 5.91 Å². The molecule has 110 valence electrons. The number of carbonyl (C=O) groups is 2. The van der Waals surface area contributed by atoms with E-state index >= 15 is 0 Å². The van der Waals surface area contributed by atoms with E-state index in [2.05, 4.69) is 5.32 Å². The Morgan fingerprint density at radius 1 is 1.24 bits per heavy atom. The second kappa shape index (κ2) is 6.26. The number of rotatable bonds is 4. The number of nitrogens with one attached hydrogen (secondary N) is 1. The SMILES string of the molecule is CCOC(=O)[C@H](NC(C)=O)c1c(O)ccc2ccccc12. The number of carbonyl (C=O) groups excluding carboxylic acids is 2. The highest BCUT2D eigenvalue weighted by Gasteiger charge is 2.27. The number of phenols is 1. The minimum atomic E-state index is -1.03. The Balaban J connectivity index is 2.60. The minimum Gasteiger partial charge on any atom is -0.508 e. The molecule has 0 aliphatic heterocycles. The average molecular weight is 287 g/mol. The fourth-order valence-corrected chi connectivity index (χ4v) is 2.27. The molecule has 0 unspecified atom stereocenters. The smallest absolute Gasteiger partial charge is 0.333 e. The van der Waals surface area contributed by atoms with Gasteiger partial charge in [-0.05, 0) is 23.8 Å². The molecule has 0 spiro atoms. The summed E-state index contributed by atoms with van der Waals surface area (Å²) in [7, 11) is 0. The number of hydrogen-bond acceptors (Lipinski definition) is 4. The summed E-state index contributed by atoms with van der Waals surface area (Å²) in [5.41, 5.74) is 0.349. The Morgan fingerprint density at radius 2 is 1.95 bits per heavy atom.